The van der Waals surface area contributed by atoms with Crippen LogP contribution >= 0.6 is 0 Å². The molecule has 0 aromatic rings. The standard InChI is InChI=1S/C27H47F/c1-11-13-14-25(16-15-21(5)17-20(3)4)23(7)18-24(8)26(22(6)12-2)19-27(9,10)28/h14,17-18,22-23,26H,3,11-13,15-16,19H2,1-2,4-10H3/b21-17+,24-18-,25-14-. The van der Waals surface area contributed by atoms with Crippen LogP contribution in [0.25, 0.3) is 0 Å². The van der Waals surface area contributed by atoms with Crippen LogP contribution in [0.15, 0.2) is 47.1 Å². The summed E-state index contributed by atoms with van der Waals surface area (Å²) in [5.74, 6) is 1.21. The molecule has 0 nitrogen and oxygen atoms in total. The van der Waals surface area contributed by atoms with E-state index in [0.717, 1.165) is 31.3 Å². The van der Waals surface area contributed by atoms with Crippen molar-refractivity contribution in [2.24, 2.45) is 17.8 Å². The molecule has 0 aliphatic rings. The summed E-state index contributed by atoms with van der Waals surface area (Å²) >= 11 is 0. The van der Waals surface area contributed by atoms with Gasteiger partial charge in [0, 0.05) is 0 Å². The Hall–Kier alpha value is -1.11. The lowest BCUT2D eigenvalue weighted by Crippen LogP contribution is -2.24. The van der Waals surface area contributed by atoms with Gasteiger partial charge in [-0.2, -0.15) is 0 Å². The third-order valence-corrected chi connectivity index (χ3v) is 5.71. The number of halogens is 1. The van der Waals surface area contributed by atoms with Gasteiger partial charge in [-0.15, -0.1) is 0 Å². The Bertz CT molecular complexity index is 553. The van der Waals surface area contributed by atoms with Gasteiger partial charge < -0.3 is 0 Å². The molecule has 0 aliphatic heterocycles. The van der Waals surface area contributed by atoms with Gasteiger partial charge in [-0.1, -0.05) is 87.6 Å². The SMILES string of the molecule is C=C(C)/C=C(\C)CC/C(=C/CCC)C(C)/C=C(/C)C(CC(C)(C)F)C(C)CC. The molecule has 28 heavy (non-hydrogen) atoms. The fourth-order valence-electron chi connectivity index (χ4n) is 3.92. The molecule has 0 N–H and O–H groups in total. The highest BCUT2D eigenvalue weighted by Gasteiger charge is 2.27. The Balaban J connectivity index is 5.47. The molecule has 0 saturated carbocycles. The van der Waals surface area contributed by atoms with E-state index in [9.17, 15) is 4.39 Å². The predicted octanol–water partition coefficient (Wildman–Crippen LogP) is 9.40. The molecule has 3 unspecified atom stereocenters. The monoisotopic (exact) mass is 390 g/mol. The maximum absolute atomic E-state index is 14.4. The Labute approximate surface area is 176 Å². The Morgan fingerprint density at radius 3 is 2.14 bits per heavy atom. The second-order valence-corrected chi connectivity index (χ2v) is 9.52. The first-order chi connectivity index (χ1) is 12.9. The predicted molar refractivity (Wildman–Crippen MR) is 126 cm³/mol. The third-order valence-electron chi connectivity index (χ3n) is 5.71. The molecule has 0 aromatic carbocycles. The van der Waals surface area contributed by atoms with Gasteiger partial charge >= 0.3 is 0 Å². The first kappa shape index (κ1) is 26.9. The molecule has 162 valence electrons. The van der Waals surface area contributed by atoms with Gasteiger partial charge in [0.05, 0.1) is 0 Å². The maximum atomic E-state index is 14.4. The van der Waals surface area contributed by atoms with E-state index in [4.69, 9.17) is 0 Å². The highest BCUT2D eigenvalue weighted by Crippen LogP contribution is 2.34. The molecule has 0 fully saturated rings. The van der Waals surface area contributed by atoms with Crippen molar-refractivity contribution in [1.82, 2.24) is 0 Å². The van der Waals surface area contributed by atoms with Crippen molar-refractivity contribution in [3.63, 3.8) is 0 Å². The minimum atomic E-state index is -1.13. The largest absolute Gasteiger partial charge is 0.244 e. The Kier molecular flexibility index (Phi) is 12.7. The van der Waals surface area contributed by atoms with Crippen LogP contribution in [0.4, 0.5) is 4.39 Å². The molecule has 0 saturated heterocycles. The molecule has 0 bridgehead atoms. The molecular formula is C27H47F. The van der Waals surface area contributed by atoms with Crippen LogP contribution in [0.1, 0.15) is 101 Å². The smallest absolute Gasteiger partial charge is 0.106 e. The molecule has 0 rings (SSSR count). The zero-order valence-corrected chi connectivity index (χ0v) is 20.3. The lowest BCUT2D eigenvalue weighted by atomic mass is 9.78. The summed E-state index contributed by atoms with van der Waals surface area (Å²) < 4.78 is 14.4. The van der Waals surface area contributed by atoms with Gasteiger partial charge in [0.1, 0.15) is 5.67 Å². The number of unbranched alkanes of at least 4 members (excludes halogenated alkanes) is 1. The molecule has 0 amide bonds. The van der Waals surface area contributed by atoms with E-state index in [1.54, 1.807) is 13.8 Å². The molecule has 0 aromatic heterocycles. The number of alkyl halides is 1. The zero-order valence-electron chi connectivity index (χ0n) is 20.3. The summed E-state index contributed by atoms with van der Waals surface area (Å²) in [4.78, 5) is 0. The minimum Gasteiger partial charge on any atom is -0.244 e. The minimum absolute atomic E-state index is 0.310. The van der Waals surface area contributed by atoms with Crippen molar-refractivity contribution in [1.29, 1.82) is 0 Å². The number of hydrogen-bond acceptors (Lipinski definition) is 0. The fourth-order valence-corrected chi connectivity index (χ4v) is 3.92. The van der Waals surface area contributed by atoms with Crippen molar-refractivity contribution >= 4 is 0 Å². The summed E-state index contributed by atoms with van der Waals surface area (Å²) in [6.45, 7) is 22.9. The van der Waals surface area contributed by atoms with Gasteiger partial charge in [-0.05, 0) is 78.1 Å². The van der Waals surface area contributed by atoms with E-state index in [0.29, 0.717) is 24.2 Å². The average molecular weight is 391 g/mol. The lowest BCUT2D eigenvalue weighted by molar-refractivity contribution is 0.157. The zero-order chi connectivity index (χ0) is 21.9. The normalized spacial score (nSPS) is 17.4. The van der Waals surface area contributed by atoms with Crippen LogP contribution in [0.3, 0.4) is 0 Å². The van der Waals surface area contributed by atoms with Crippen LogP contribution in [0.5, 0.6) is 0 Å². The highest BCUT2D eigenvalue weighted by molar-refractivity contribution is 5.21. The first-order valence-corrected chi connectivity index (χ1v) is 11.3. The quantitative estimate of drug-likeness (QED) is 0.217. The van der Waals surface area contributed by atoms with Crippen molar-refractivity contribution in [3.8, 4) is 0 Å². The van der Waals surface area contributed by atoms with Gasteiger partial charge in [0.2, 0.25) is 0 Å². The van der Waals surface area contributed by atoms with Crippen LogP contribution in [0, 0.1) is 17.8 Å². The number of rotatable bonds is 13. The summed E-state index contributed by atoms with van der Waals surface area (Å²) in [6, 6.07) is 0. The topological polar surface area (TPSA) is 0 Å². The molecule has 0 heterocycles. The van der Waals surface area contributed by atoms with Gasteiger partial charge in [0.15, 0.2) is 0 Å². The van der Waals surface area contributed by atoms with Crippen LogP contribution in [-0.2, 0) is 0 Å². The van der Waals surface area contributed by atoms with Gasteiger partial charge in [-0.25, -0.2) is 4.39 Å². The van der Waals surface area contributed by atoms with Crippen molar-refractivity contribution in [3.05, 3.63) is 47.1 Å². The van der Waals surface area contributed by atoms with Gasteiger partial charge in [0.25, 0.3) is 0 Å². The molecular weight excluding hydrogens is 343 g/mol. The van der Waals surface area contributed by atoms with Crippen LogP contribution in [0.2, 0.25) is 0 Å². The van der Waals surface area contributed by atoms with Crippen molar-refractivity contribution < 1.29 is 4.39 Å². The van der Waals surface area contributed by atoms with E-state index in [2.05, 4.69) is 66.3 Å². The second kappa shape index (κ2) is 13.2. The van der Waals surface area contributed by atoms with Crippen LogP contribution in [-0.4, -0.2) is 5.67 Å². The maximum Gasteiger partial charge on any atom is 0.106 e. The van der Waals surface area contributed by atoms with E-state index >= 15 is 0 Å². The second-order valence-electron chi connectivity index (χ2n) is 9.52. The van der Waals surface area contributed by atoms with Gasteiger partial charge in [-0.3, -0.25) is 0 Å². The fraction of sp³-hybridized carbons (Fsp3) is 0.704. The molecule has 0 radical (unpaired) electrons. The summed E-state index contributed by atoms with van der Waals surface area (Å²) in [5.41, 5.74) is 4.24. The molecule has 1 heteroatoms. The van der Waals surface area contributed by atoms with Crippen molar-refractivity contribution in [2.45, 2.75) is 107 Å². The average Bonchev–Trinajstić information content (AvgIpc) is 2.57. The Morgan fingerprint density at radius 1 is 1.07 bits per heavy atom. The van der Waals surface area contributed by atoms with E-state index in [-0.39, 0.29) is 0 Å². The summed E-state index contributed by atoms with van der Waals surface area (Å²) in [6.07, 6.45) is 13.2. The third kappa shape index (κ3) is 11.7. The van der Waals surface area contributed by atoms with Crippen LogP contribution < -0.4 is 0 Å². The molecule has 0 aliphatic carbocycles. The molecule has 3 atom stereocenters. The number of allylic oxidation sites excluding steroid dienone is 7. The number of hydrogen-bond donors (Lipinski definition) is 0. The summed E-state index contributed by atoms with van der Waals surface area (Å²) in [7, 11) is 0. The van der Waals surface area contributed by atoms with E-state index in [1.807, 2.05) is 6.92 Å². The first-order valence-electron chi connectivity index (χ1n) is 11.3. The van der Waals surface area contributed by atoms with E-state index < -0.39 is 5.67 Å². The highest BCUT2D eigenvalue weighted by atomic mass is 19.1. The van der Waals surface area contributed by atoms with Crippen molar-refractivity contribution in [2.75, 3.05) is 0 Å². The lowest BCUT2D eigenvalue weighted by Gasteiger charge is -2.29. The molecule has 0 spiro atoms. The summed E-state index contributed by atoms with van der Waals surface area (Å²) in [5, 5.41) is 0. The Morgan fingerprint density at radius 2 is 1.68 bits per heavy atom. The van der Waals surface area contributed by atoms with E-state index in [1.165, 1.54) is 23.1 Å².